The van der Waals surface area contributed by atoms with Crippen molar-refractivity contribution in [1.82, 2.24) is 0 Å². The number of hydrogen-bond acceptors (Lipinski definition) is 1. The molecule has 3 rings (SSSR count). The highest BCUT2D eigenvalue weighted by atomic mass is 16.2. The van der Waals surface area contributed by atoms with Crippen molar-refractivity contribution in [3.8, 4) is 0 Å². The van der Waals surface area contributed by atoms with Gasteiger partial charge in [0.15, 0.2) is 0 Å². The normalized spacial score (nSPS) is 28.9. The molecule has 2 unspecified atom stereocenters. The van der Waals surface area contributed by atoms with Crippen molar-refractivity contribution in [3.63, 3.8) is 0 Å². The molecule has 2 aliphatic carbocycles. The molecule has 0 bridgehead atoms. The molecule has 2 fully saturated rings. The van der Waals surface area contributed by atoms with Gasteiger partial charge in [0.25, 0.3) is 0 Å². The van der Waals surface area contributed by atoms with Crippen LogP contribution in [-0.4, -0.2) is 12.5 Å². The molecule has 2 nitrogen and oxygen atoms in total. The van der Waals surface area contributed by atoms with Crippen LogP contribution < -0.4 is 4.90 Å². The minimum atomic E-state index is 0.285. The molecule has 0 N–H and O–H groups in total. The Balaban J connectivity index is 1.79. The van der Waals surface area contributed by atoms with Gasteiger partial charge in [-0.1, -0.05) is 18.2 Å². The molecule has 1 aromatic rings. The third-order valence-electron chi connectivity index (χ3n) is 4.58. The molecule has 0 heterocycles. The first-order chi connectivity index (χ1) is 8.70. The molecule has 0 spiro atoms. The van der Waals surface area contributed by atoms with Crippen LogP contribution in [0.25, 0.3) is 0 Å². The number of amides is 1. The van der Waals surface area contributed by atoms with E-state index in [9.17, 15) is 4.79 Å². The van der Waals surface area contributed by atoms with E-state index in [1.165, 1.54) is 12.0 Å². The van der Waals surface area contributed by atoms with E-state index in [4.69, 9.17) is 0 Å². The minimum Gasteiger partial charge on any atom is -0.312 e. The molecule has 2 aliphatic rings. The SMILES string of the molecule is CCN(C(=O)C1CC2CC2C1)c1ccccc1C. The first kappa shape index (κ1) is 11.8. The van der Waals surface area contributed by atoms with E-state index in [0.717, 1.165) is 36.9 Å². The highest BCUT2D eigenvalue weighted by Crippen LogP contribution is 2.54. The lowest BCUT2D eigenvalue weighted by molar-refractivity contribution is -0.122. The van der Waals surface area contributed by atoms with Crippen molar-refractivity contribution in [1.29, 1.82) is 0 Å². The van der Waals surface area contributed by atoms with Gasteiger partial charge in [0, 0.05) is 18.2 Å². The van der Waals surface area contributed by atoms with Gasteiger partial charge in [0.05, 0.1) is 0 Å². The Morgan fingerprint density at radius 3 is 2.50 bits per heavy atom. The van der Waals surface area contributed by atoms with Gasteiger partial charge in [-0.25, -0.2) is 0 Å². The van der Waals surface area contributed by atoms with E-state index in [2.05, 4.69) is 26.0 Å². The molecule has 0 radical (unpaired) electrons. The lowest BCUT2D eigenvalue weighted by Crippen LogP contribution is -2.36. The second-order valence-electron chi connectivity index (χ2n) is 5.79. The second kappa shape index (κ2) is 4.42. The van der Waals surface area contributed by atoms with E-state index in [0.29, 0.717) is 5.91 Å². The summed E-state index contributed by atoms with van der Waals surface area (Å²) < 4.78 is 0. The van der Waals surface area contributed by atoms with Crippen molar-refractivity contribution >= 4 is 11.6 Å². The van der Waals surface area contributed by atoms with Crippen molar-refractivity contribution in [2.24, 2.45) is 17.8 Å². The smallest absolute Gasteiger partial charge is 0.230 e. The quantitative estimate of drug-likeness (QED) is 0.797. The van der Waals surface area contributed by atoms with E-state index in [1.807, 2.05) is 17.0 Å². The average molecular weight is 243 g/mol. The van der Waals surface area contributed by atoms with Crippen LogP contribution in [0, 0.1) is 24.7 Å². The summed E-state index contributed by atoms with van der Waals surface area (Å²) in [6.45, 7) is 4.92. The fourth-order valence-electron chi connectivity index (χ4n) is 3.45. The summed E-state index contributed by atoms with van der Waals surface area (Å²) in [6, 6.07) is 8.19. The van der Waals surface area contributed by atoms with E-state index >= 15 is 0 Å². The number of carbonyl (C=O) groups excluding carboxylic acids is 1. The topological polar surface area (TPSA) is 20.3 Å². The van der Waals surface area contributed by atoms with E-state index in [-0.39, 0.29) is 5.92 Å². The third-order valence-corrected chi connectivity index (χ3v) is 4.58. The standard InChI is InChI=1S/C16H21NO/c1-3-17(15-7-5-4-6-11(15)2)16(18)14-9-12-8-13(12)10-14/h4-7,12-14H,3,8-10H2,1-2H3. The summed E-state index contributed by atoms with van der Waals surface area (Å²) in [5.41, 5.74) is 2.28. The molecule has 0 saturated heterocycles. The zero-order valence-electron chi connectivity index (χ0n) is 11.2. The lowest BCUT2D eigenvalue weighted by atomic mass is 10.0. The number of carbonyl (C=O) groups is 1. The fourth-order valence-corrected chi connectivity index (χ4v) is 3.45. The van der Waals surface area contributed by atoms with Gasteiger partial charge < -0.3 is 4.90 Å². The number of rotatable bonds is 3. The lowest BCUT2D eigenvalue weighted by Gasteiger charge is -2.26. The molecule has 18 heavy (non-hydrogen) atoms. The maximum absolute atomic E-state index is 12.6. The molecule has 2 heteroatoms. The highest BCUT2D eigenvalue weighted by molar-refractivity contribution is 5.96. The van der Waals surface area contributed by atoms with Crippen LogP contribution in [0.5, 0.6) is 0 Å². The fraction of sp³-hybridized carbons (Fsp3) is 0.562. The van der Waals surface area contributed by atoms with E-state index < -0.39 is 0 Å². The van der Waals surface area contributed by atoms with Crippen LogP contribution in [0.2, 0.25) is 0 Å². The number of para-hydroxylation sites is 1. The van der Waals surface area contributed by atoms with Gasteiger partial charge in [-0.05, 0) is 56.6 Å². The predicted octanol–water partition coefficient (Wildman–Crippen LogP) is 3.39. The Hall–Kier alpha value is -1.31. The number of aryl methyl sites for hydroxylation is 1. The first-order valence-corrected chi connectivity index (χ1v) is 7.07. The second-order valence-corrected chi connectivity index (χ2v) is 5.79. The highest BCUT2D eigenvalue weighted by Gasteiger charge is 2.48. The molecule has 1 aromatic carbocycles. The summed E-state index contributed by atoms with van der Waals surface area (Å²) in [6.07, 6.45) is 3.64. The third kappa shape index (κ3) is 1.94. The van der Waals surface area contributed by atoms with Crippen molar-refractivity contribution in [2.75, 3.05) is 11.4 Å². The summed E-state index contributed by atoms with van der Waals surface area (Å²) in [5, 5.41) is 0. The monoisotopic (exact) mass is 243 g/mol. The molecule has 1 amide bonds. The summed E-state index contributed by atoms with van der Waals surface area (Å²) >= 11 is 0. The van der Waals surface area contributed by atoms with Gasteiger partial charge in [-0.3, -0.25) is 4.79 Å². The Labute approximate surface area is 109 Å². The van der Waals surface area contributed by atoms with Crippen LogP contribution in [0.4, 0.5) is 5.69 Å². The zero-order valence-corrected chi connectivity index (χ0v) is 11.2. The first-order valence-electron chi connectivity index (χ1n) is 7.07. The average Bonchev–Trinajstić information content (AvgIpc) is 2.99. The van der Waals surface area contributed by atoms with Crippen LogP contribution in [0.15, 0.2) is 24.3 Å². The van der Waals surface area contributed by atoms with Crippen LogP contribution in [-0.2, 0) is 4.79 Å². The Kier molecular flexibility index (Phi) is 2.89. The summed E-state index contributed by atoms with van der Waals surface area (Å²) in [7, 11) is 0. The van der Waals surface area contributed by atoms with Gasteiger partial charge in [0.1, 0.15) is 0 Å². The summed E-state index contributed by atoms with van der Waals surface area (Å²) in [4.78, 5) is 14.6. The van der Waals surface area contributed by atoms with Crippen molar-refractivity contribution in [2.45, 2.75) is 33.1 Å². The van der Waals surface area contributed by atoms with Crippen LogP contribution in [0.3, 0.4) is 0 Å². The van der Waals surface area contributed by atoms with Gasteiger partial charge in [-0.15, -0.1) is 0 Å². The van der Waals surface area contributed by atoms with Gasteiger partial charge in [-0.2, -0.15) is 0 Å². The molecule has 0 aliphatic heterocycles. The largest absolute Gasteiger partial charge is 0.312 e. The predicted molar refractivity (Wildman–Crippen MR) is 73.5 cm³/mol. The molecule has 0 aromatic heterocycles. The number of benzene rings is 1. The maximum Gasteiger partial charge on any atom is 0.230 e. The number of fused-ring (bicyclic) bond motifs is 1. The Morgan fingerprint density at radius 2 is 1.89 bits per heavy atom. The molecule has 2 atom stereocenters. The zero-order chi connectivity index (χ0) is 12.7. The van der Waals surface area contributed by atoms with Gasteiger partial charge >= 0.3 is 0 Å². The Bertz CT molecular complexity index is 458. The molecular weight excluding hydrogens is 222 g/mol. The number of hydrogen-bond donors (Lipinski definition) is 0. The minimum absolute atomic E-state index is 0.285. The van der Waals surface area contributed by atoms with Crippen molar-refractivity contribution < 1.29 is 4.79 Å². The van der Waals surface area contributed by atoms with Crippen LogP contribution >= 0.6 is 0 Å². The van der Waals surface area contributed by atoms with Gasteiger partial charge in [0.2, 0.25) is 5.91 Å². The summed E-state index contributed by atoms with van der Waals surface area (Å²) in [5.74, 6) is 2.37. The molecular formula is C16H21NO. The molecule has 96 valence electrons. The molecule has 2 saturated carbocycles. The number of nitrogens with zero attached hydrogens (tertiary/aromatic N) is 1. The van der Waals surface area contributed by atoms with E-state index in [1.54, 1.807) is 0 Å². The van der Waals surface area contributed by atoms with Crippen LogP contribution in [0.1, 0.15) is 31.7 Å². The Morgan fingerprint density at radius 1 is 1.22 bits per heavy atom. The maximum atomic E-state index is 12.6. The number of anilines is 1. The van der Waals surface area contributed by atoms with Crippen molar-refractivity contribution in [3.05, 3.63) is 29.8 Å².